The fourth-order valence-corrected chi connectivity index (χ4v) is 3.39. The molecule has 7 heteroatoms. The maximum Gasteiger partial charge on any atom is 0.307 e. The molecule has 0 radical (unpaired) electrons. The Morgan fingerprint density at radius 1 is 1.55 bits per heavy atom. The lowest BCUT2D eigenvalue weighted by atomic mass is 10.1. The van der Waals surface area contributed by atoms with Crippen LogP contribution in [0.15, 0.2) is 12.1 Å². The maximum absolute atomic E-state index is 12.1. The molecule has 1 aromatic rings. The van der Waals surface area contributed by atoms with Gasteiger partial charge in [0, 0.05) is 18.5 Å². The zero-order chi connectivity index (χ0) is 14.7. The van der Waals surface area contributed by atoms with Crippen molar-refractivity contribution in [3.05, 3.63) is 21.3 Å². The molecular formula is C13H17ClN2O3S. The summed E-state index contributed by atoms with van der Waals surface area (Å²) in [5, 5.41) is 8.94. The average molecular weight is 317 g/mol. The highest BCUT2D eigenvalue weighted by molar-refractivity contribution is 7.16. The molecule has 0 spiro atoms. The topological polar surface area (TPSA) is 60.9 Å². The number of aliphatic carboxylic acids is 1. The molecule has 5 nitrogen and oxygen atoms in total. The predicted molar refractivity (Wildman–Crippen MR) is 78.0 cm³/mol. The molecule has 1 aliphatic rings. The summed E-state index contributed by atoms with van der Waals surface area (Å²) in [4.78, 5) is 27.6. The minimum absolute atomic E-state index is 0.000520. The van der Waals surface area contributed by atoms with Gasteiger partial charge in [0.15, 0.2) is 0 Å². The van der Waals surface area contributed by atoms with Crippen molar-refractivity contribution < 1.29 is 14.7 Å². The van der Waals surface area contributed by atoms with E-state index in [4.69, 9.17) is 16.7 Å². The van der Waals surface area contributed by atoms with Gasteiger partial charge in [0.05, 0.1) is 23.3 Å². The third-order valence-electron chi connectivity index (χ3n) is 3.43. The number of nitrogens with zero attached hydrogens (tertiary/aromatic N) is 2. The van der Waals surface area contributed by atoms with Crippen molar-refractivity contribution in [1.82, 2.24) is 9.80 Å². The van der Waals surface area contributed by atoms with Crippen molar-refractivity contribution >= 4 is 34.8 Å². The van der Waals surface area contributed by atoms with Crippen LogP contribution in [0.1, 0.15) is 11.3 Å². The van der Waals surface area contributed by atoms with Crippen LogP contribution in [0.25, 0.3) is 0 Å². The lowest BCUT2D eigenvalue weighted by Gasteiger charge is -2.20. The van der Waals surface area contributed by atoms with Gasteiger partial charge in [-0.15, -0.1) is 11.3 Å². The predicted octanol–water partition coefficient (Wildman–Crippen LogP) is 1.77. The second kappa shape index (κ2) is 6.56. The number of carbonyl (C=O) groups excluding carboxylic acids is 1. The fourth-order valence-electron chi connectivity index (χ4n) is 2.25. The molecule has 1 fully saturated rings. The number of likely N-dealkylation sites (N-methyl/N-ethyl adjacent to an activating group) is 1. The van der Waals surface area contributed by atoms with Gasteiger partial charge in [0.1, 0.15) is 0 Å². The van der Waals surface area contributed by atoms with Crippen LogP contribution in [-0.4, -0.2) is 53.5 Å². The molecule has 1 saturated heterocycles. The number of hydrogen-bond donors (Lipinski definition) is 1. The van der Waals surface area contributed by atoms with Gasteiger partial charge in [-0.05, 0) is 25.1 Å². The van der Waals surface area contributed by atoms with Crippen molar-refractivity contribution in [2.24, 2.45) is 5.92 Å². The van der Waals surface area contributed by atoms with Crippen LogP contribution < -0.4 is 0 Å². The van der Waals surface area contributed by atoms with Crippen molar-refractivity contribution in [2.75, 3.05) is 26.7 Å². The molecule has 110 valence electrons. The number of halogens is 1. The Kier molecular flexibility index (Phi) is 5.01. The van der Waals surface area contributed by atoms with E-state index >= 15 is 0 Å². The van der Waals surface area contributed by atoms with Gasteiger partial charge in [-0.1, -0.05) is 11.6 Å². The third-order valence-corrected chi connectivity index (χ3v) is 4.64. The van der Waals surface area contributed by atoms with Crippen LogP contribution >= 0.6 is 22.9 Å². The summed E-state index contributed by atoms with van der Waals surface area (Å²) in [6.07, 6.45) is 0.618. The molecule has 1 N–H and O–H groups in total. The zero-order valence-electron chi connectivity index (χ0n) is 11.2. The van der Waals surface area contributed by atoms with Gasteiger partial charge in [-0.2, -0.15) is 0 Å². The molecule has 1 aromatic heterocycles. The van der Waals surface area contributed by atoms with Crippen LogP contribution in [0, 0.1) is 5.92 Å². The van der Waals surface area contributed by atoms with Crippen molar-refractivity contribution in [3.8, 4) is 0 Å². The number of carbonyl (C=O) groups is 2. The fraction of sp³-hybridized carbons (Fsp3) is 0.538. The van der Waals surface area contributed by atoms with E-state index in [1.54, 1.807) is 11.9 Å². The van der Waals surface area contributed by atoms with E-state index in [0.29, 0.717) is 30.4 Å². The van der Waals surface area contributed by atoms with Crippen LogP contribution in [0.4, 0.5) is 0 Å². The summed E-state index contributed by atoms with van der Waals surface area (Å²) in [6.45, 7) is 1.94. The van der Waals surface area contributed by atoms with Crippen molar-refractivity contribution in [3.63, 3.8) is 0 Å². The lowest BCUT2D eigenvalue weighted by Crippen LogP contribution is -2.37. The van der Waals surface area contributed by atoms with E-state index in [9.17, 15) is 9.59 Å². The molecule has 1 amide bonds. The number of carboxylic acids is 1. The third kappa shape index (κ3) is 3.94. The minimum Gasteiger partial charge on any atom is -0.481 e. The summed E-state index contributed by atoms with van der Waals surface area (Å²) >= 11 is 7.32. The van der Waals surface area contributed by atoms with E-state index in [1.807, 2.05) is 17.0 Å². The molecule has 2 heterocycles. The quantitative estimate of drug-likeness (QED) is 0.899. The highest BCUT2D eigenvalue weighted by Crippen LogP contribution is 2.22. The number of amides is 1. The molecule has 20 heavy (non-hydrogen) atoms. The summed E-state index contributed by atoms with van der Waals surface area (Å²) in [5.74, 6) is -1.12. The van der Waals surface area contributed by atoms with Crippen LogP contribution in [-0.2, 0) is 16.1 Å². The van der Waals surface area contributed by atoms with Gasteiger partial charge in [0.2, 0.25) is 5.91 Å². The second-order valence-electron chi connectivity index (χ2n) is 5.01. The van der Waals surface area contributed by atoms with Gasteiger partial charge in [-0.3, -0.25) is 14.5 Å². The molecule has 0 aliphatic carbocycles. The largest absolute Gasteiger partial charge is 0.481 e. The molecule has 2 rings (SSSR count). The molecule has 0 aromatic carbocycles. The first kappa shape index (κ1) is 15.3. The normalized spacial score (nSPS) is 19.2. The molecule has 1 aliphatic heterocycles. The van der Waals surface area contributed by atoms with Crippen LogP contribution in [0.2, 0.25) is 4.34 Å². The highest BCUT2D eigenvalue weighted by atomic mass is 35.5. The molecule has 0 bridgehead atoms. The minimum atomic E-state index is -0.776. The Balaban J connectivity index is 1.81. The lowest BCUT2D eigenvalue weighted by molar-refractivity contribution is -0.141. The van der Waals surface area contributed by atoms with Crippen molar-refractivity contribution in [1.29, 1.82) is 0 Å². The van der Waals surface area contributed by atoms with E-state index in [2.05, 4.69) is 0 Å². The Labute approximate surface area is 126 Å². The SMILES string of the molecule is CN(Cc1ccc(Cl)s1)C(=O)CN1CC[C@H](C(=O)O)C1. The summed E-state index contributed by atoms with van der Waals surface area (Å²) < 4.78 is 0.713. The van der Waals surface area contributed by atoms with E-state index in [-0.39, 0.29) is 18.4 Å². The van der Waals surface area contributed by atoms with Crippen molar-refractivity contribution in [2.45, 2.75) is 13.0 Å². The van der Waals surface area contributed by atoms with Gasteiger partial charge < -0.3 is 10.0 Å². The first-order valence-corrected chi connectivity index (χ1v) is 7.58. The first-order chi connectivity index (χ1) is 9.45. The van der Waals surface area contributed by atoms with E-state index < -0.39 is 5.97 Å². The van der Waals surface area contributed by atoms with E-state index in [1.165, 1.54) is 11.3 Å². The maximum atomic E-state index is 12.1. The Morgan fingerprint density at radius 2 is 2.30 bits per heavy atom. The Hall–Kier alpha value is -1.11. The van der Waals surface area contributed by atoms with Gasteiger partial charge >= 0.3 is 5.97 Å². The molecule has 0 saturated carbocycles. The Bertz CT molecular complexity index is 506. The monoisotopic (exact) mass is 316 g/mol. The number of rotatable bonds is 5. The van der Waals surface area contributed by atoms with Crippen LogP contribution in [0.3, 0.4) is 0 Å². The molecule has 1 atom stereocenters. The first-order valence-electron chi connectivity index (χ1n) is 6.39. The second-order valence-corrected chi connectivity index (χ2v) is 6.81. The number of thiophene rings is 1. The standard InChI is InChI=1S/C13H17ClN2O3S/c1-15(7-10-2-3-11(14)20-10)12(17)8-16-5-4-9(6-16)13(18)19/h2-3,9H,4-8H2,1H3,(H,18,19)/t9-/m0/s1. The Morgan fingerprint density at radius 3 is 2.85 bits per heavy atom. The molecule has 0 unspecified atom stereocenters. The van der Waals surface area contributed by atoms with Gasteiger partial charge in [-0.25, -0.2) is 0 Å². The zero-order valence-corrected chi connectivity index (χ0v) is 12.8. The summed E-state index contributed by atoms with van der Waals surface area (Å²) in [6, 6.07) is 3.73. The number of carboxylic acid groups (broad SMARTS) is 1. The summed E-state index contributed by atoms with van der Waals surface area (Å²) in [5.41, 5.74) is 0. The smallest absolute Gasteiger partial charge is 0.307 e. The highest BCUT2D eigenvalue weighted by Gasteiger charge is 2.29. The number of hydrogen-bond acceptors (Lipinski definition) is 4. The van der Waals surface area contributed by atoms with E-state index in [0.717, 1.165) is 4.88 Å². The van der Waals surface area contributed by atoms with Crippen LogP contribution in [0.5, 0.6) is 0 Å². The number of likely N-dealkylation sites (tertiary alicyclic amines) is 1. The van der Waals surface area contributed by atoms with Gasteiger partial charge in [0.25, 0.3) is 0 Å². The summed E-state index contributed by atoms with van der Waals surface area (Å²) in [7, 11) is 1.75. The average Bonchev–Trinajstić information content (AvgIpc) is 2.98. The molecular weight excluding hydrogens is 300 g/mol.